The fourth-order valence-corrected chi connectivity index (χ4v) is 3.50. The van der Waals surface area contributed by atoms with Crippen LogP contribution in [0, 0.1) is 17.8 Å². The van der Waals surface area contributed by atoms with Crippen LogP contribution in [0.25, 0.3) is 10.9 Å². The Kier molecular flexibility index (Phi) is 4.05. The predicted octanol–water partition coefficient (Wildman–Crippen LogP) is 4.88. The Balaban J connectivity index is 1.75. The molecule has 0 spiro atoms. The Morgan fingerprint density at radius 2 is 1.90 bits per heavy atom. The smallest absolute Gasteiger partial charge is 0.166 e. The molecule has 3 rings (SSSR count). The second kappa shape index (κ2) is 5.97. The fourth-order valence-electron chi connectivity index (χ4n) is 3.50. The van der Waals surface area contributed by atoms with E-state index < -0.39 is 0 Å². The molecule has 1 aliphatic carbocycles. The van der Waals surface area contributed by atoms with E-state index in [1.54, 1.807) is 6.20 Å². The number of carbonyl (C=O) groups is 1. The largest absolute Gasteiger partial charge is 0.294 e. The highest BCUT2D eigenvalue weighted by Gasteiger charge is 2.28. The third-order valence-corrected chi connectivity index (χ3v) is 4.98. The highest BCUT2D eigenvalue weighted by atomic mass is 16.1. The first kappa shape index (κ1) is 14.2. The first-order valence-electron chi connectivity index (χ1n) is 8.04. The van der Waals surface area contributed by atoms with Gasteiger partial charge in [0.15, 0.2) is 5.78 Å². The molecule has 0 aliphatic heterocycles. The summed E-state index contributed by atoms with van der Waals surface area (Å²) in [6.07, 6.45) is 6.26. The van der Waals surface area contributed by atoms with Gasteiger partial charge in [-0.1, -0.05) is 32.0 Å². The molecule has 1 aliphatic rings. The number of nitrogens with zero attached hydrogens (tertiary/aromatic N) is 1. The SMILES string of the molecule is CC(C)C1CCC(C(=O)c2ccc3cccnc3c2)CC1. The lowest BCUT2D eigenvalue weighted by molar-refractivity contribution is 0.0859. The lowest BCUT2D eigenvalue weighted by atomic mass is 9.75. The van der Waals surface area contributed by atoms with E-state index in [4.69, 9.17) is 0 Å². The van der Waals surface area contributed by atoms with Gasteiger partial charge in [-0.05, 0) is 49.7 Å². The standard InChI is InChI=1S/C19H23NO/c1-13(2)14-5-8-16(9-6-14)19(21)17-10-7-15-4-3-11-20-18(15)12-17/h3-4,7,10-14,16H,5-6,8-9H2,1-2H3. The van der Waals surface area contributed by atoms with Gasteiger partial charge >= 0.3 is 0 Å². The van der Waals surface area contributed by atoms with Gasteiger partial charge in [0, 0.05) is 23.1 Å². The Hall–Kier alpha value is -1.70. The molecule has 0 bridgehead atoms. The van der Waals surface area contributed by atoms with E-state index in [0.29, 0.717) is 5.78 Å². The molecule has 2 nitrogen and oxygen atoms in total. The number of aromatic nitrogens is 1. The number of ketones is 1. The van der Waals surface area contributed by atoms with E-state index in [-0.39, 0.29) is 5.92 Å². The molecular formula is C19H23NO. The number of Topliss-reactive ketones (excluding diaryl/α,β-unsaturated/α-hetero) is 1. The van der Waals surface area contributed by atoms with Gasteiger partial charge in [0.2, 0.25) is 0 Å². The van der Waals surface area contributed by atoms with Crippen LogP contribution < -0.4 is 0 Å². The third-order valence-electron chi connectivity index (χ3n) is 4.98. The molecule has 1 fully saturated rings. The van der Waals surface area contributed by atoms with Gasteiger partial charge in [0.05, 0.1) is 5.52 Å². The van der Waals surface area contributed by atoms with Crippen molar-refractivity contribution in [1.82, 2.24) is 4.98 Å². The van der Waals surface area contributed by atoms with E-state index >= 15 is 0 Å². The zero-order chi connectivity index (χ0) is 14.8. The summed E-state index contributed by atoms with van der Waals surface area (Å²) in [6, 6.07) is 9.88. The average molecular weight is 281 g/mol. The van der Waals surface area contributed by atoms with Crippen molar-refractivity contribution in [3.05, 3.63) is 42.1 Å². The van der Waals surface area contributed by atoms with Gasteiger partial charge in [-0.25, -0.2) is 0 Å². The Morgan fingerprint density at radius 1 is 1.14 bits per heavy atom. The molecule has 0 unspecified atom stereocenters. The van der Waals surface area contributed by atoms with E-state index in [1.807, 2.05) is 30.3 Å². The molecule has 0 N–H and O–H groups in total. The van der Waals surface area contributed by atoms with E-state index in [2.05, 4.69) is 18.8 Å². The van der Waals surface area contributed by atoms with Crippen LogP contribution in [0.3, 0.4) is 0 Å². The fraction of sp³-hybridized carbons (Fsp3) is 0.474. The van der Waals surface area contributed by atoms with E-state index in [9.17, 15) is 4.79 Å². The van der Waals surface area contributed by atoms with Crippen LogP contribution in [-0.2, 0) is 0 Å². The second-order valence-electron chi connectivity index (χ2n) is 6.63. The minimum absolute atomic E-state index is 0.209. The third kappa shape index (κ3) is 2.99. The zero-order valence-electron chi connectivity index (χ0n) is 12.9. The number of benzene rings is 1. The number of pyridine rings is 1. The molecule has 0 amide bonds. The Labute approximate surface area is 126 Å². The van der Waals surface area contributed by atoms with Gasteiger partial charge in [0.25, 0.3) is 0 Å². The summed E-state index contributed by atoms with van der Waals surface area (Å²) in [7, 11) is 0. The van der Waals surface area contributed by atoms with Crippen molar-refractivity contribution < 1.29 is 4.79 Å². The van der Waals surface area contributed by atoms with Crippen LogP contribution in [-0.4, -0.2) is 10.8 Å². The van der Waals surface area contributed by atoms with Crippen molar-refractivity contribution in [3.8, 4) is 0 Å². The van der Waals surface area contributed by atoms with Crippen molar-refractivity contribution in [2.24, 2.45) is 17.8 Å². The molecule has 110 valence electrons. The molecular weight excluding hydrogens is 258 g/mol. The number of hydrogen-bond donors (Lipinski definition) is 0. The van der Waals surface area contributed by atoms with Gasteiger partial charge in [-0.3, -0.25) is 9.78 Å². The lowest BCUT2D eigenvalue weighted by Crippen LogP contribution is -2.24. The lowest BCUT2D eigenvalue weighted by Gasteiger charge is -2.30. The quantitative estimate of drug-likeness (QED) is 0.750. The van der Waals surface area contributed by atoms with Crippen molar-refractivity contribution in [1.29, 1.82) is 0 Å². The predicted molar refractivity (Wildman–Crippen MR) is 86.4 cm³/mol. The maximum Gasteiger partial charge on any atom is 0.166 e. The van der Waals surface area contributed by atoms with Crippen LogP contribution in [0.5, 0.6) is 0 Å². The molecule has 21 heavy (non-hydrogen) atoms. The molecule has 0 radical (unpaired) electrons. The van der Waals surface area contributed by atoms with E-state index in [1.165, 1.54) is 12.8 Å². The summed E-state index contributed by atoms with van der Waals surface area (Å²) in [5, 5.41) is 1.09. The summed E-state index contributed by atoms with van der Waals surface area (Å²) < 4.78 is 0. The number of hydrogen-bond acceptors (Lipinski definition) is 2. The maximum absolute atomic E-state index is 12.7. The molecule has 1 aromatic heterocycles. The second-order valence-corrected chi connectivity index (χ2v) is 6.63. The molecule has 1 aromatic carbocycles. The number of carbonyl (C=O) groups excluding carboxylic acids is 1. The topological polar surface area (TPSA) is 30.0 Å². The molecule has 2 heteroatoms. The number of fused-ring (bicyclic) bond motifs is 1. The van der Waals surface area contributed by atoms with E-state index in [0.717, 1.165) is 41.1 Å². The Morgan fingerprint density at radius 3 is 2.62 bits per heavy atom. The first-order chi connectivity index (χ1) is 10.1. The van der Waals surface area contributed by atoms with Crippen LogP contribution >= 0.6 is 0 Å². The number of rotatable bonds is 3. The summed E-state index contributed by atoms with van der Waals surface area (Å²) in [6.45, 7) is 4.59. The monoisotopic (exact) mass is 281 g/mol. The van der Waals surface area contributed by atoms with Crippen molar-refractivity contribution >= 4 is 16.7 Å². The van der Waals surface area contributed by atoms with Gasteiger partial charge in [-0.15, -0.1) is 0 Å². The summed E-state index contributed by atoms with van der Waals surface area (Å²) in [5.41, 5.74) is 1.74. The first-order valence-corrected chi connectivity index (χ1v) is 8.04. The molecule has 1 heterocycles. The van der Waals surface area contributed by atoms with Crippen molar-refractivity contribution in [2.45, 2.75) is 39.5 Å². The Bertz CT molecular complexity index is 639. The summed E-state index contributed by atoms with van der Waals surface area (Å²) in [5.74, 6) is 2.06. The molecule has 2 aromatic rings. The zero-order valence-corrected chi connectivity index (χ0v) is 12.9. The summed E-state index contributed by atoms with van der Waals surface area (Å²) in [4.78, 5) is 17.0. The molecule has 0 saturated heterocycles. The van der Waals surface area contributed by atoms with Gasteiger partial charge < -0.3 is 0 Å². The summed E-state index contributed by atoms with van der Waals surface area (Å²) >= 11 is 0. The van der Waals surface area contributed by atoms with Crippen LogP contribution in [0.4, 0.5) is 0 Å². The van der Waals surface area contributed by atoms with Crippen molar-refractivity contribution in [3.63, 3.8) is 0 Å². The molecule has 0 atom stereocenters. The van der Waals surface area contributed by atoms with Gasteiger partial charge in [-0.2, -0.15) is 0 Å². The maximum atomic E-state index is 12.7. The van der Waals surface area contributed by atoms with Crippen LogP contribution in [0.15, 0.2) is 36.5 Å². The minimum atomic E-state index is 0.209. The highest BCUT2D eigenvalue weighted by Crippen LogP contribution is 2.35. The normalized spacial score (nSPS) is 22.6. The average Bonchev–Trinajstić information content (AvgIpc) is 2.54. The van der Waals surface area contributed by atoms with Crippen LogP contribution in [0.1, 0.15) is 49.9 Å². The van der Waals surface area contributed by atoms with Crippen LogP contribution in [0.2, 0.25) is 0 Å². The van der Waals surface area contributed by atoms with Gasteiger partial charge in [0.1, 0.15) is 0 Å². The minimum Gasteiger partial charge on any atom is -0.294 e. The highest BCUT2D eigenvalue weighted by molar-refractivity contribution is 6.00. The molecule has 1 saturated carbocycles. The van der Waals surface area contributed by atoms with Crippen molar-refractivity contribution in [2.75, 3.05) is 0 Å².